The number of sulfonamides is 1. The third-order valence-electron chi connectivity index (χ3n) is 5.29. The molecule has 2 aromatic carbocycles. The van der Waals surface area contributed by atoms with Crippen LogP contribution in [0.1, 0.15) is 11.3 Å². The SMILES string of the molecule is Cc1cc(NS(=O)(=O)c2cccc(Cl)c2)c2c(C)c(-c3cncc4ccccc34)sc2n1. The monoisotopic (exact) mass is 479 g/mol. The molecule has 3 aromatic heterocycles. The van der Waals surface area contributed by atoms with E-state index in [-0.39, 0.29) is 4.90 Å². The van der Waals surface area contributed by atoms with Crippen LogP contribution in [0.2, 0.25) is 5.02 Å². The van der Waals surface area contributed by atoms with Gasteiger partial charge >= 0.3 is 0 Å². The Bertz CT molecular complexity index is 1610. The quantitative estimate of drug-likeness (QED) is 0.316. The van der Waals surface area contributed by atoms with Crippen molar-refractivity contribution in [3.63, 3.8) is 0 Å². The second kappa shape index (κ2) is 7.85. The van der Waals surface area contributed by atoms with Gasteiger partial charge in [0.25, 0.3) is 10.0 Å². The first-order chi connectivity index (χ1) is 15.3. The zero-order chi connectivity index (χ0) is 22.5. The standard InChI is InChI=1S/C24H18ClN3O2S2/c1-14-10-21(28-32(29,30)18-8-5-7-17(25)11-18)22-15(2)23(31-24(22)27-14)20-13-26-12-16-6-3-4-9-19(16)20/h3-13H,1-2H3,(H,27,28). The van der Waals surface area contributed by atoms with E-state index >= 15 is 0 Å². The second-order valence-electron chi connectivity index (χ2n) is 7.52. The normalized spacial score (nSPS) is 11.8. The highest BCUT2D eigenvalue weighted by Crippen LogP contribution is 2.43. The molecular formula is C24H18ClN3O2S2. The van der Waals surface area contributed by atoms with Gasteiger partial charge < -0.3 is 0 Å². The van der Waals surface area contributed by atoms with Crippen molar-refractivity contribution in [3.05, 3.63) is 83.3 Å². The molecule has 0 spiro atoms. The lowest BCUT2D eigenvalue weighted by Crippen LogP contribution is -2.13. The fraction of sp³-hybridized carbons (Fsp3) is 0.0833. The zero-order valence-corrected chi connectivity index (χ0v) is 19.6. The predicted molar refractivity (Wildman–Crippen MR) is 132 cm³/mol. The van der Waals surface area contributed by atoms with Gasteiger partial charge in [-0.25, -0.2) is 13.4 Å². The lowest BCUT2D eigenvalue weighted by molar-refractivity contribution is 0.601. The summed E-state index contributed by atoms with van der Waals surface area (Å²) in [5.74, 6) is 0. The zero-order valence-electron chi connectivity index (χ0n) is 17.3. The summed E-state index contributed by atoms with van der Waals surface area (Å²) in [7, 11) is -3.82. The first-order valence-electron chi connectivity index (χ1n) is 9.86. The number of thiophene rings is 1. The van der Waals surface area contributed by atoms with E-state index in [4.69, 9.17) is 11.6 Å². The minimum atomic E-state index is -3.82. The van der Waals surface area contributed by atoms with Crippen LogP contribution in [0, 0.1) is 13.8 Å². The molecule has 0 bridgehead atoms. The maximum absolute atomic E-state index is 13.1. The van der Waals surface area contributed by atoms with Crippen molar-refractivity contribution in [3.8, 4) is 10.4 Å². The summed E-state index contributed by atoms with van der Waals surface area (Å²) in [5, 5.41) is 3.29. The van der Waals surface area contributed by atoms with Crippen molar-refractivity contribution in [2.75, 3.05) is 4.72 Å². The molecule has 0 amide bonds. The molecule has 5 aromatic rings. The molecule has 5 nitrogen and oxygen atoms in total. The Labute approximate surface area is 194 Å². The van der Waals surface area contributed by atoms with E-state index in [1.807, 2.05) is 44.4 Å². The highest BCUT2D eigenvalue weighted by Gasteiger charge is 2.21. The van der Waals surface area contributed by atoms with Gasteiger partial charge in [0.05, 0.1) is 10.6 Å². The van der Waals surface area contributed by atoms with Gasteiger partial charge in [-0.05, 0) is 49.1 Å². The summed E-state index contributed by atoms with van der Waals surface area (Å²) in [6.07, 6.45) is 3.69. The van der Waals surface area contributed by atoms with E-state index in [1.165, 1.54) is 23.5 Å². The summed E-state index contributed by atoms with van der Waals surface area (Å²) >= 11 is 7.55. The number of benzene rings is 2. The number of nitrogens with one attached hydrogen (secondary N) is 1. The third kappa shape index (κ3) is 3.62. The average molecular weight is 480 g/mol. The van der Waals surface area contributed by atoms with E-state index in [1.54, 1.807) is 18.2 Å². The summed E-state index contributed by atoms with van der Waals surface area (Å²) in [5.41, 5.74) is 3.19. The second-order valence-corrected chi connectivity index (χ2v) is 10.6. The van der Waals surface area contributed by atoms with Crippen LogP contribution in [0.4, 0.5) is 5.69 Å². The molecule has 3 heterocycles. The maximum atomic E-state index is 13.1. The van der Waals surface area contributed by atoms with Gasteiger partial charge in [-0.2, -0.15) is 0 Å². The van der Waals surface area contributed by atoms with Crippen LogP contribution in [0.3, 0.4) is 0 Å². The highest BCUT2D eigenvalue weighted by atomic mass is 35.5. The van der Waals surface area contributed by atoms with Crippen LogP contribution in [-0.4, -0.2) is 18.4 Å². The fourth-order valence-corrected chi connectivity index (χ4v) is 6.48. The van der Waals surface area contributed by atoms with Gasteiger partial charge in [-0.3, -0.25) is 9.71 Å². The minimum absolute atomic E-state index is 0.110. The molecule has 0 aliphatic rings. The number of pyridine rings is 2. The molecule has 160 valence electrons. The summed E-state index contributed by atoms with van der Waals surface area (Å²) in [6, 6.07) is 16.1. The van der Waals surface area contributed by atoms with E-state index in [9.17, 15) is 8.42 Å². The number of halogens is 1. The van der Waals surface area contributed by atoms with Crippen molar-refractivity contribution in [1.82, 2.24) is 9.97 Å². The topological polar surface area (TPSA) is 72.0 Å². The van der Waals surface area contributed by atoms with Crippen molar-refractivity contribution >= 4 is 59.6 Å². The van der Waals surface area contributed by atoms with Crippen molar-refractivity contribution in [2.45, 2.75) is 18.7 Å². The molecule has 0 atom stereocenters. The van der Waals surface area contributed by atoms with Crippen molar-refractivity contribution < 1.29 is 8.42 Å². The lowest BCUT2D eigenvalue weighted by atomic mass is 10.0. The van der Waals surface area contributed by atoms with Crippen LogP contribution >= 0.6 is 22.9 Å². The van der Waals surface area contributed by atoms with Gasteiger partial charge in [-0.15, -0.1) is 11.3 Å². The van der Waals surface area contributed by atoms with Crippen LogP contribution in [0.15, 0.2) is 71.9 Å². The smallest absolute Gasteiger partial charge is 0.261 e. The molecule has 5 rings (SSSR count). The van der Waals surface area contributed by atoms with Crippen LogP contribution in [-0.2, 0) is 10.0 Å². The van der Waals surface area contributed by atoms with Gasteiger partial charge in [0.15, 0.2) is 0 Å². The largest absolute Gasteiger partial charge is 0.279 e. The Balaban J connectivity index is 1.70. The minimum Gasteiger partial charge on any atom is -0.279 e. The fourth-order valence-electron chi connectivity index (χ4n) is 3.84. The molecule has 0 radical (unpaired) electrons. The maximum Gasteiger partial charge on any atom is 0.261 e. The molecule has 0 fully saturated rings. The van der Waals surface area contributed by atoms with Gasteiger partial charge in [0, 0.05) is 44.3 Å². The molecule has 0 aliphatic carbocycles. The number of fused-ring (bicyclic) bond motifs is 2. The van der Waals surface area contributed by atoms with E-state index < -0.39 is 10.0 Å². The van der Waals surface area contributed by atoms with E-state index in [0.29, 0.717) is 10.7 Å². The number of anilines is 1. The Hall–Kier alpha value is -3.00. The van der Waals surface area contributed by atoms with Crippen molar-refractivity contribution in [1.29, 1.82) is 0 Å². The third-order valence-corrected chi connectivity index (χ3v) is 8.11. The molecule has 0 unspecified atom stereocenters. The molecule has 0 aliphatic heterocycles. The number of aryl methyl sites for hydroxylation is 2. The van der Waals surface area contributed by atoms with Gasteiger partial charge in [0.1, 0.15) is 4.83 Å². The number of rotatable bonds is 4. The summed E-state index contributed by atoms with van der Waals surface area (Å²) in [6.45, 7) is 3.84. The Morgan fingerprint density at radius 3 is 2.62 bits per heavy atom. The Morgan fingerprint density at radius 1 is 1.00 bits per heavy atom. The summed E-state index contributed by atoms with van der Waals surface area (Å²) in [4.78, 5) is 11.0. The van der Waals surface area contributed by atoms with Crippen LogP contribution in [0.5, 0.6) is 0 Å². The van der Waals surface area contributed by atoms with Gasteiger partial charge in [-0.1, -0.05) is 41.9 Å². The molecule has 0 saturated carbocycles. The Morgan fingerprint density at radius 2 is 1.81 bits per heavy atom. The predicted octanol–water partition coefficient (Wildman–Crippen LogP) is 6.58. The average Bonchev–Trinajstić information content (AvgIpc) is 3.09. The van der Waals surface area contributed by atoms with E-state index in [0.717, 1.165) is 42.7 Å². The number of nitrogens with zero attached hydrogens (tertiary/aromatic N) is 2. The molecule has 0 saturated heterocycles. The van der Waals surface area contributed by atoms with Gasteiger partial charge in [0.2, 0.25) is 0 Å². The number of hydrogen-bond acceptors (Lipinski definition) is 5. The molecule has 8 heteroatoms. The van der Waals surface area contributed by atoms with Crippen LogP contribution in [0.25, 0.3) is 31.4 Å². The van der Waals surface area contributed by atoms with Crippen molar-refractivity contribution in [2.24, 2.45) is 0 Å². The molecule has 32 heavy (non-hydrogen) atoms. The highest BCUT2D eigenvalue weighted by molar-refractivity contribution is 7.92. The van der Waals surface area contributed by atoms with E-state index in [2.05, 4.69) is 20.8 Å². The summed E-state index contributed by atoms with van der Waals surface area (Å²) < 4.78 is 28.9. The number of hydrogen-bond donors (Lipinski definition) is 1. The molecular weight excluding hydrogens is 462 g/mol. The number of aromatic nitrogens is 2. The molecule has 1 N–H and O–H groups in total. The first-order valence-corrected chi connectivity index (χ1v) is 12.5. The first kappa shape index (κ1) is 20.9. The van der Waals surface area contributed by atoms with Crippen LogP contribution < -0.4 is 4.72 Å². The lowest BCUT2D eigenvalue weighted by Gasteiger charge is -2.11. The Kier molecular flexibility index (Phi) is 5.12.